The minimum atomic E-state index is -0.976. The number of allylic oxidation sites excluding steroid dienone is 3. The van der Waals surface area contributed by atoms with Crippen LogP contribution in [-0.2, 0) is 11.2 Å². The molecule has 0 aliphatic heterocycles. The summed E-state index contributed by atoms with van der Waals surface area (Å²) in [5.74, 6) is 0.591. The number of aromatic nitrogens is 1. The van der Waals surface area contributed by atoms with E-state index in [0.29, 0.717) is 30.2 Å². The number of pyridine rings is 1. The molecular weight excluding hydrogens is 594 g/mol. The first kappa shape index (κ1) is 36.6. The lowest BCUT2D eigenvalue weighted by Crippen LogP contribution is -2.27. The average Bonchev–Trinajstić information content (AvgIpc) is 3.42. The van der Waals surface area contributed by atoms with Crippen molar-refractivity contribution >= 4 is 34.4 Å². The van der Waals surface area contributed by atoms with Crippen LogP contribution in [0.25, 0.3) is 11.0 Å². The van der Waals surface area contributed by atoms with Crippen molar-refractivity contribution in [2.24, 2.45) is 5.92 Å². The number of carbonyl (C=O) groups excluding carboxylic acids is 1. The van der Waals surface area contributed by atoms with Gasteiger partial charge in [0.25, 0.3) is 5.91 Å². The SMILES string of the molecule is CC.CCN(CCC(C)COc1cccc(C(=O)O)c1)c1ccc(NC(=O)c2oc3ccc(C/C=C\C=C/COC)cc3c2C)cn1. The second kappa shape index (κ2) is 18.9. The average molecular weight is 642 g/mol. The van der Waals surface area contributed by atoms with Crippen molar-refractivity contribution in [2.75, 3.05) is 43.6 Å². The molecule has 0 spiro atoms. The molecule has 9 heteroatoms. The van der Waals surface area contributed by atoms with Gasteiger partial charge in [0.05, 0.1) is 30.7 Å². The first-order chi connectivity index (χ1) is 22.8. The number of carboxylic acid groups (broad SMARTS) is 1. The number of furan rings is 1. The number of rotatable bonds is 16. The Labute approximate surface area is 277 Å². The topological polar surface area (TPSA) is 114 Å². The summed E-state index contributed by atoms with van der Waals surface area (Å²) in [5, 5.41) is 13.0. The number of ether oxygens (including phenoxy) is 2. The number of aromatic carboxylic acids is 1. The van der Waals surface area contributed by atoms with Crippen molar-refractivity contribution in [3.63, 3.8) is 0 Å². The summed E-state index contributed by atoms with van der Waals surface area (Å²) in [6.45, 7) is 12.7. The number of anilines is 2. The standard InChI is InChI=1S/C36H41N3O6.C2H6/c1-5-39(19-18-25(2)24-44-30-13-10-12-28(22-30)36(41)42)33-17-15-29(23-37-33)38-35(40)34-26(3)31-21-27(14-16-32(31)45-34)11-8-6-7-9-20-43-4;1-2/h6-10,12-17,21-23,25H,5,11,18-20,24H2,1-4H3,(H,38,40)(H,41,42);1-2H3/b8-6-,9-7-;. The molecule has 2 N–H and O–H groups in total. The second-order valence-corrected chi connectivity index (χ2v) is 10.9. The predicted octanol–water partition coefficient (Wildman–Crippen LogP) is 8.35. The second-order valence-electron chi connectivity index (χ2n) is 10.9. The number of hydrogen-bond acceptors (Lipinski definition) is 7. The van der Waals surface area contributed by atoms with Gasteiger partial charge in [-0.15, -0.1) is 0 Å². The molecule has 4 rings (SSSR count). The predicted molar refractivity (Wildman–Crippen MR) is 189 cm³/mol. The number of nitrogens with zero attached hydrogens (tertiary/aromatic N) is 2. The van der Waals surface area contributed by atoms with Gasteiger partial charge in [0.1, 0.15) is 17.2 Å². The minimum absolute atomic E-state index is 0.205. The Hall–Kier alpha value is -4.89. The van der Waals surface area contributed by atoms with Crippen molar-refractivity contribution < 1.29 is 28.6 Å². The molecule has 0 fully saturated rings. The van der Waals surface area contributed by atoms with E-state index < -0.39 is 5.97 Å². The van der Waals surface area contributed by atoms with E-state index in [0.717, 1.165) is 48.3 Å². The van der Waals surface area contributed by atoms with Crippen LogP contribution < -0.4 is 15.0 Å². The Balaban J connectivity index is 0.00000294. The van der Waals surface area contributed by atoms with Gasteiger partial charge in [0.2, 0.25) is 0 Å². The van der Waals surface area contributed by atoms with Gasteiger partial charge in [-0.25, -0.2) is 9.78 Å². The maximum absolute atomic E-state index is 13.1. The molecule has 1 amide bonds. The highest BCUT2D eigenvalue weighted by molar-refractivity contribution is 6.06. The highest BCUT2D eigenvalue weighted by Crippen LogP contribution is 2.28. The van der Waals surface area contributed by atoms with E-state index in [-0.39, 0.29) is 23.1 Å². The zero-order valence-corrected chi connectivity index (χ0v) is 28.3. The maximum atomic E-state index is 13.1. The van der Waals surface area contributed by atoms with Crippen LogP contribution in [-0.4, -0.2) is 55.4 Å². The zero-order valence-electron chi connectivity index (χ0n) is 28.3. The molecule has 2 aromatic carbocycles. The molecule has 0 radical (unpaired) electrons. The third kappa shape index (κ3) is 10.9. The fraction of sp³-hybridized carbons (Fsp3) is 0.342. The van der Waals surface area contributed by atoms with E-state index in [4.69, 9.17) is 13.9 Å². The molecule has 0 aliphatic rings. The molecule has 0 bridgehead atoms. The van der Waals surface area contributed by atoms with Gasteiger partial charge in [-0.2, -0.15) is 0 Å². The molecular formula is C38H47N3O6. The van der Waals surface area contributed by atoms with Crippen LogP contribution in [0.1, 0.15) is 66.2 Å². The van der Waals surface area contributed by atoms with E-state index in [2.05, 4.69) is 41.2 Å². The summed E-state index contributed by atoms with van der Waals surface area (Å²) < 4.78 is 16.8. The quantitative estimate of drug-likeness (QED) is 0.117. The highest BCUT2D eigenvalue weighted by atomic mass is 16.5. The van der Waals surface area contributed by atoms with E-state index >= 15 is 0 Å². The summed E-state index contributed by atoms with van der Waals surface area (Å²) in [6.07, 6.45) is 11.3. The molecule has 1 atom stereocenters. The Kier molecular flexibility index (Phi) is 14.7. The summed E-state index contributed by atoms with van der Waals surface area (Å²) in [7, 11) is 1.66. The van der Waals surface area contributed by atoms with Crippen LogP contribution in [0, 0.1) is 12.8 Å². The Bertz CT molecular complexity index is 1640. The monoisotopic (exact) mass is 641 g/mol. The normalized spacial score (nSPS) is 11.8. The number of nitrogens with one attached hydrogen (secondary N) is 1. The van der Waals surface area contributed by atoms with Crippen molar-refractivity contribution in [3.05, 3.63) is 108 Å². The first-order valence-corrected chi connectivity index (χ1v) is 16.1. The molecule has 0 aliphatic carbocycles. The number of aryl methyl sites for hydroxylation is 1. The van der Waals surface area contributed by atoms with Crippen LogP contribution >= 0.6 is 0 Å². The Morgan fingerprint density at radius 1 is 1.09 bits per heavy atom. The summed E-state index contributed by atoms with van der Waals surface area (Å²) >= 11 is 0. The number of hydrogen-bond donors (Lipinski definition) is 2. The number of methoxy groups -OCH3 is 1. The number of benzene rings is 2. The van der Waals surface area contributed by atoms with Crippen LogP contribution in [0.4, 0.5) is 11.5 Å². The lowest BCUT2D eigenvalue weighted by atomic mass is 10.1. The summed E-state index contributed by atoms with van der Waals surface area (Å²) in [4.78, 5) is 31.1. The third-order valence-corrected chi connectivity index (χ3v) is 7.43. The van der Waals surface area contributed by atoms with E-state index in [9.17, 15) is 14.7 Å². The van der Waals surface area contributed by atoms with E-state index in [1.165, 1.54) is 6.07 Å². The highest BCUT2D eigenvalue weighted by Gasteiger charge is 2.19. The molecule has 4 aromatic rings. The molecule has 9 nitrogen and oxygen atoms in total. The molecule has 0 saturated heterocycles. The largest absolute Gasteiger partial charge is 0.493 e. The van der Waals surface area contributed by atoms with Gasteiger partial charge in [0.15, 0.2) is 5.76 Å². The van der Waals surface area contributed by atoms with Crippen LogP contribution in [0.2, 0.25) is 0 Å². The van der Waals surface area contributed by atoms with Gasteiger partial charge < -0.3 is 29.2 Å². The summed E-state index contributed by atoms with van der Waals surface area (Å²) in [5.41, 5.74) is 3.38. The van der Waals surface area contributed by atoms with Gasteiger partial charge in [-0.1, -0.05) is 57.2 Å². The summed E-state index contributed by atoms with van der Waals surface area (Å²) in [6, 6.07) is 16.2. The van der Waals surface area contributed by atoms with Crippen LogP contribution in [0.3, 0.4) is 0 Å². The van der Waals surface area contributed by atoms with Gasteiger partial charge in [0, 0.05) is 31.1 Å². The molecule has 250 valence electrons. The molecule has 2 heterocycles. The van der Waals surface area contributed by atoms with E-state index in [1.54, 1.807) is 31.5 Å². The molecule has 47 heavy (non-hydrogen) atoms. The maximum Gasteiger partial charge on any atom is 0.335 e. The van der Waals surface area contributed by atoms with Crippen molar-refractivity contribution in [2.45, 2.75) is 47.5 Å². The van der Waals surface area contributed by atoms with Crippen molar-refractivity contribution in [1.29, 1.82) is 0 Å². The fourth-order valence-corrected chi connectivity index (χ4v) is 4.81. The van der Waals surface area contributed by atoms with E-state index in [1.807, 2.05) is 63.3 Å². The smallest absolute Gasteiger partial charge is 0.335 e. The third-order valence-electron chi connectivity index (χ3n) is 7.43. The Morgan fingerprint density at radius 2 is 1.87 bits per heavy atom. The van der Waals surface area contributed by atoms with Crippen LogP contribution in [0.5, 0.6) is 5.75 Å². The minimum Gasteiger partial charge on any atom is -0.493 e. The number of amides is 1. The lowest BCUT2D eigenvalue weighted by Gasteiger charge is -2.24. The molecule has 2 aromatic heterocycles. The molecule has 0 saturated carbocycles. The Morgan fingerprint density at radius 3 is 2.57 bits per heavy atom. The lowest BCUT2D eigenvalue weighted by molar-refractivity contribution is 0.0696. The number of fused-ring (bicyclic) bond motifs is 1. The van der Waals surface area contributed by atoms with Gasteiger partial charge in [-0.05, 0) is 80.6 Å². The molecule has 1 unspecified atom stereocenters. The first-order valence-electron chi connectivity index (χ1n) is 16.1. The van der Waals surface area contributed by atoms with Gasteiger partial charge in [-0.3, -0.25) is 4.79 Å². The zero-order chi connectivity index (χ0) is 34.2. The number of carbonyl (C=O) groups is 2. The van der Waals surface area contributed by atoms with Crippen molar-refractivity contribution in [1.82, 2.24) is 4.98 Å². The van der Waals surface area contributed by atoms with Crippen LogP contribution in [0.15, 0.2) is 89.5 Å². The van der Waals surface area contributed by atoms with Gasteiger partial charge >= 0.3 is 5.97 Å². The fourth-order valence-electron chi connectivity index (χ4n) is 4.81. The van der Waals surface area contributed by atoms with Crippen molar-refractivity contribution in [3.8, 4) is 5.75 Å². The number of carboxylic acids is 1.